The molecule has 2 aliphatic heterocycles. The van der Waals surface area contributed by atoms with Crippen molar-refractivity contribution in [3.63, 3.8) is 0 Å². The monoisotopic (exact) mass is 270 g/mol. The molecule has 0 amide bonds. The third-order valence-electron chi connectivity index (χ3n) is 4.30. The van der Waals surface area contributed by atoms with Crippen LogP contribution in [0.2, 0.25) is 0 Å². The maximum Gasteiger partial charge on any atom is 0.0899 e. The fourth-order valence-corrected chi connectivity index (χ4v) is 2.99. The third-order valence-corrected chi connectivity index (χ3v) is 4.64. The van der Waals surface area contributed by atoms with Gasteiger partial charge in [-0.1, -0.05) is 12.2 Å². The number of rotatable bonds is 5. The number of hydrogen-bond acceptors (Lipinski definition) is 4. The van der Waals surface area contributed by atoms with Gasteiger partial charge in [-0.25, -0.2) is 0 Å². The topological polar surface area (TPSA) is 35.7 Å². The molecule has 2 rings (SSSR count). The summed E-state index contributed by atoms with van der Waals surface area (Å²) >= 11 is 5.07. The van der Waals surface area contributed by atoms with E-state index in [2.05, 4.69) is 21.6 Å². The molecule has 1 unspecified atom stereocenters. The molecular weight excluding hydrogens is 244 g/mol. The largest absolute Gasteiger partial charge is 0.392 e. The van der Waals surface area contributed by atoms with Crippen molar-refractivity contribution in [3.8, 4) is 0 Å². The number of nitrogens with two attached hydrogens (primary N) is 1. The molecule has 18 heavy (non-hydrogen) atoms. The summed E-state index contributed by atoms with van der Waals surface area (Å²) in [5.74, 6) is 0. The summed E-state index contributed by atoms with van der Waals surface area (Å²) in [5, 5.41) is 0. The van der Waals surface area contributed by atoms with Crippen LogP contribution in [-0.4, -0.2) is 78.1 Å². The third kappa shape index (κ3) is 3.88. The van der Waals surface area contributed by atoms with E-state index in [4.69, 9.17) is 18.0 Å². The van der Waals surface area contributed by atoms with Crippen molar-refractivity contribution in [2.24, 2.45) is 5.73 Å². The lowest BCUT2D eigenvalue weighted by atomic mass is 10.2. The van der Waals surface area contributed by atoms with Crippen LogP contribution in [0.25, 0.3) is 0 Å². The lowest BCUT2D eigenvalue weighted by molar-refractivity contribution is 0.114. The minimum Gasteiger partial charge on any atom is -0.392 e. The highest BCUT2D eigenvalue weighted by Gasteiger charge is 2.22. The molecule has 0 aromatic rings. The Labute approximate surface area is 116 Å². The number of likely N-dealkylation sites (tertiary alicyclic amines) is 1. The Kier molecular flexibility index (Phi) is 5.36. The van der Waals surface area contributed by atoms with E-state index in [1.165, 1.54) is 39.0 Å². The zero-order valence-corrected chi connectivity index (χ0v) is 12.3. The van der Waals surface area contributed by atoms with Crippen LogP contribution in [0.5, 0.6) is 0 Å². The smallest absolute Gasteiger partial charge is 0.0899 e. The summed E-state index contributed by atoms with van der Waals surface area (Å²) in [6, 6.07) is 0.251. The molecule has 0 aromatic carbocycles. The Balaban J connectivity index is 1.65. The molecule has 0 radical (unpaired) electrons. The maximum absolute atomic E-state index is 5.71. The molecule has 5 heteroatoms. The van der Waals surface area contributed by atoms with Crippen LogP contribution in [-0.2, 0) is 0 Å². The predicted octanol–water partition coefficient (Wildman–Crippen LogP) is 0.374. The lowest BCUT2D eigenvalue weighted by Gasteiger charge is -2.38. The van der Waals surface area contributed by atoms with Crippen LogP contribution in [0.4, 0.5) is 0 Å². The molecule has 4 nitrogen and oxygen atoms in total. The summed E-state index contributed by atoms with van der Waals surface area (Å²) in [5.41, 5.74) is 5.71. The molecule has 2 N–H and O–H groups in total. The van der Waals surface area contributed by atoms with Gasteiger partial charge in [-0.2, -0.15) is 0 Å². The van der Waals surface area contributed by atoms with Gasteiger partial charge in [0.2, 0.25) is 0 Å². The first-order chi connectivity index (χ1) is 8.66. The highest BCUT2D eigenvalue weighted by molar-refractivity contribution is 7.80. The van der Waals surface area contributed by atoms with Gasteiger partial charge in [0.25, 0.3) is 0 Å². The molecule has 2 aliphatic rings. The Morgan fingerprint density at radius 2 is 1.50 bits per heavy atom. The number of piperazine rings is 1. The Morgan fingerprint density at radius 3 is 2.00 bits per heavy atom. The molecule has 0 aromatic heterocycles. The Morgan fingerprint density at radius 1 is 1.00 bits per heavy atom. The van der Waals surface area contributed by atoms with Crippen LogP contribution in [0, 0.1) is 0 Å². The van der Waals surface area contributed by atoms with Gasteiger partial charge < -0.3 is 10.6 Å². The molecule has 2 saturated heterocycles. The fraction of sp³-hybridized carbons (Fsp3) is 0.923. The van der Waals surface area contributed by atoms with Crippen LogP contribution in [0.3, 0.4) is 0 Å². The summed E-state index contributed by atoms with van der Waals surface area (Å²) in [6.07, 6.45) is 2.78. The van der Waals surface area contributed by atoms with E-state index in [0.717, 1.165) is 26.2 Å². The number of nitrogens with zero attached hydrogens (tertiary/aromatic N) is 3. The fourth-order valence-electron chi connectivity index (χ4n) is 2.84. The average Bonchev–Trinajstić information content (AvgIpc) is 2.89. The van der Waals surface area contributed by atoms with Gasteiger partial charge in [0.1, 0.15) is 0 Å². The van der Waals surface area contributed by atoms with Crippen LogP contribution in [0.1, 0.15) is 19.8 Å². The second-order valence-electron chi connectivity index (χ2n) is 5.50. The van der Waals surface area contributed by atoms with E-state index in [1.54, 1.807) is 0 Å². The van der Waals surface area contributed by atoms with E-state index >= 15 is 0 Å². The van der Waals surface area contributed by atoms with Crippen molar-refractivity contribution >= 4 is 17.2 Å². The Bertz CT molecular complexity index is 270. The number of thiocarbonyl (C=S) groups is 1. The minimum atomic E-state index is 0.251. The summed E-state index contributed by atoms with van der Waals surface area (Å²) < 4.78 is 0. The van der Waals surface area contributed by atoms with E-state index in [0.29, 0.717) is 4.99 Å². The van der Waals surface area contributed by atoms with E-state index < -0.39 is 0 Å². The van der Waals surface area contributed by atoms with Crippen molar-refractivity contribution in [2.45, 2.75) is 25.8 Å². The second-order valence-corrected chi connectivity index (χ2v) is 5.98. The zero-order chi connectivity index (χ0) is 13.0. The van der Waals surface area contributed by atoms with Gasteiger partial charge >= 0.3 is 0 Å². The summed E-state index contributed by atoms with van der Waals surface area (Å²) in [7, 11) is 0. The Hall–Kier alpha value is -0.230. The van der Waals surface area contributed by atoms with E-state index in [1.807, 2.05) is 0 Å². The average molecular weight is 270 g/mol. The van der Waals surface area contributed by atoms with Crippen molar-refractivity contribution in [1.29, 1.82) is 0 Å². The molecule has 0 saturated carbocycles. The molecule has 2 heterocycles. The molecule has 0 spiro atoms. The molecule has 2 fully saturated rings. The molecule has 1 atom stereocenters. The summed E-state index contributed by atoms with van der Waals surface area (Å²) in [6.45, 7) is 11.7. The highest BCUT2D eigenvalue weighted by Crippen LogP contribution is 2.09. The molecule has 0 bridgehead atoms. The second kappa shape index (κ2) is 6.80. The van der Waals surface area contributed by atoms with Crippen molar-refractivity contribution in [2.75, 3.05) is 52.4 Å². The van der Waals surface area contributed by atoms with Gasteiger partial charge in [0.05, 0.1) is 11.0 Å². The quantitative estimate of drug-likeness (QED) is 0.731. The van der Waals surface area contributed by atoms with Gasteiger partial charge in [-0.15, -0.1) is 0 Å². The van der Waals surface area contributed by atoms with E-state index in [9.17, 15) is 0 Å². The van der Waals surface area contributed by atoms with Gasteiger partial charge in [0.15, 0.2) is 0 Å². The zero-order valence-electron chi connectivity index (χ0n) is 11.5. The maximum atomic E-state index is 5.71. The highest BCUT2D eigenvalue weighted by atomic mass is 32.1. The van der Waals surface area contributed by atoms with Crippen LogP contribution >= 0.6 is 12.2 Å². The predicted molar refractivity (Wildman–Crippen MR) is 79.9 cm³/mol. The number of hydrogen-bond donors (Lipinski definition) is 1. The van der Waals surface area contributed by atoms with Gasteiger partial charge in [0, 0.05) is 39.3 Å². The first-order valence-electron chi connectivity index (χ1n) is 7.15. The van der Waals surface area contributed by atoms with Crippen LogP contribution < -0.4 is 5.73 Å². The van der Waals surface area contributed by atoms with Gasteiger partial charge in [-0.3, -0.25) is 9.80 Å². The SMILES string of the molecule is CC(C(N)=S)N1CCN(CCN2CCCC2)CC1. The standard InChI is InChI=1S/C13H26N4S/c1-12(13(14)18)17-10-8-16(9-11-17)7-6-15-4-2-3-5-15/h12H,2-11H2,1H3,(H2,14,18). The van der Waals surface area contributed by atoms with E-state index in [-0.39, 0.29) is 6.04 Å². The first-order valence-corrected chi connectivity index (χ1v) is 7.56. The first kappa shape index (κ1) is 14.2. The van der Waals surface area contributed by atoms with Crippen molar-refractivity contribution in [3.05, 3.63) is 0 Å². The van der Waals surface area contributed by atoms with Crippen molar-refractivity contribution < 1.29 is 0 Å². The minimum absolute atomic E-state index is 0.251. The normalized spacial score (nSPS) is 25.4. The lowest BCUT2D eigenvalue weighted by Crippen LogP contribution is -2.53. The summed E-state index contributed by atoms with van der Waals surface area (Å²) in [4.78, 5) is 8.18. The van der Waals surface area contributed by atoms with Crippen LogP contribution in [0.15, 0.2) is 0 Å². The molecule has 0 aliphatic carbocycles. The molecule has 104 valence electrons. The van der Waals surface area contributed by atoms with Crippen molar-refractivity contribution in [1.82, 2.24) is 14.7 Å². The van der Waals surface area contributed by atoms with Gasteiger partial charge in [-0.05, 0) is 32.9 Å². The molecular formula is C13H26N4S.